The van der Waals surface area contributed by atoms with Crippen LogP contribution in [0.3, 0.4) is 0 Å². The Hall–Kier alpha value is -1.71. The first kappa shape index (κ1) is 17.7. The van der Waals surface area contributed by atoms with Crippen LogP contribution in [-0.2, 0) is 10.0 Å². The highest BCUT2D eigenvalue weighted by Gasteiger charge is 2.30. The average Bonchev–Trinajstić information content (AvgIpc) is 3.34. The summed E-state index contributed by atoms with van der Waals surface area (Å²) in [5.41, 5.74) is 0. The lowest BCUT2D eigenvalue weighted by Gasteiger charge is -2.34. The topological polar surface area (TPSA) is 69.6 Å². The van der Waals surface area contributed by atoms with Crippen molar-refractivity contribution in [1.82, 2.24) is 14.3 Å². The number of aromatic nitrogens is 2. The summed E-state index contributed by atoms with van der Waals surface area (Å²) in [5.74, 6) is 1.66. The zero-order valence-electron chi connectivity index (χ0n) is 14.8. The highest BCUT2D eigenvalue weighted by molar-refractivity contribution is 7.91. The summed E-state index contributed by atoms with van der Waals surface area (Å²) in [7, 11) is -3.38. The summed E-state index contributed by atoms with van der Waals surface area (Å²) in [6.07, 6.45) is 4.17. The van der Waals surface area contributed by atoms with Crippen LogP contribution in [0, 0.1) is 6.92 Å². The molecule has 2 aliphatic rings. The van der Waals surface area contributed by atoms with E-state index in [4.69, 9.17) is 4.98 Å². The molecule has 2 aromatic rings. The maximum Gasteiger partial charge on any atom is 0.252 e. The van der Waals surface area contributed by atoms with Gasteiger partial charge < -0.3 is 9.80 Å². The van der Waals surface area contributed by atoms with Crippen LogP contribution < -0.4 is 9.80 Å². The van der Waals surface area contributed by atoms with Gasteiger partial charge >= 0.3 is 0 Å². The first-order valence-corrected chi connectivity index (χ1v) is 11.2. The Morgan fingerprint density at radius 3 is 2.35 bits per heavy atom. The lowest BCUT2D eigenvalue weighted by molar-refractivity contribution is 0.384. The number of thiophene rings is 1. The Balaban J connectivity index is 1.44. The smallest absolute Gasteiger partial charge is 0.252 e. The summed E-state index contributed by atoms with van der Waals surface area (Å²) >= 11 is 1.33. The molecule has 0 unspecified atom stereocenters. The van der Waals surface area contributed by atoms with Crippen LogP contribution in [0.25, 0.3) is 0 Å². The second-order valence-electron chi connectivity index (χ2n) is 6.67. The summed E-state index contributed by atoms with van der Waals surface area (Å²) in [6.45, 7) is 6.17. The van der Waals surface area contributed by atoms with Crippen molar-refractivity contribution in [3.63, 3.8) is 0 Å². The van der Waals surface area contributed by atoms with Gasteiger partial charge in [-0.3, -0.25) is 0 Å². The summed E-state index contributed by atoms with van der Waals surface area (Å²) in [5, 5.41) is 0. The Kier molecular flexibility index (Phi) is 4.85. The van der Waals surface area contributed by atoms with Crippen molar-refractivity contribution in [3.05, 3.63) is 29.3 Å². The van der Waals surface area contributed by atoms with Gasteiger partial charge in [0.25, 0.3) is 10.0 Å². The molecule has 0 aromatic carbocycles. The minimum Gasteiger partial charge on any atom is -0.354 e. The minimum atomic E-state index is -3.38. The fraction of sp³-hybridized carbons (Fsp3) is 0.529. The van der Waals surface area contributed by atoms with Crippen LogP contribution in [0.5, 0.6) is 0 Å². The molecule has 7 nitrogen and oxygen atoms in total. The van der Waals surface area contributed by atoms with E-state index in [1.54, 1.807) is 16.6 Å². The molecule has 2 saturated heterocycles. The third-order valence-corrected chi connectivity index (χ3v) is 8.26. The number of piperazine rings is 1. The lowest BCUT2D eigenvalue weighted by Crippen LogP contribution is -2.48. The average molecular weight is 394 g/mol. The van der Waals surface area contributed by atoms with Gasteiger partial charge in [-0.2, -0.15) is 9.29 Å². The molecule has 2 aromatic heterocycles. The van der Waals surface area contributed by atoms with E-state index in [-0.39, 0.29) is 0 Å². The van der Waals surface area contributed by atoms with Crippen LogP contribution in [0.15, 0.2) is 28.6 Å². The van der Waals surface area contributed by atoms with Crippen LogP contribution in [-0.4, -0.2) is 62.0 Å². The molecule has 4 heterocycles. The zero-order valence-corrected chi connectivity index (χ0v) is 16.5. The van der Waals surface area contributed by atoms with Gasteiger partial charge in [0.15, 0.2) is 0 Å². The van der Waals surface area contributed by atoms with Crippen molar-refractivity contribution in [2.45, 2.75) is 24.0 Å². The summed E-state index contributed by atoms with van der Waals surface area (Å²) in [6, 6.07) is 5.47. The molecule has 0 N–H and O–H groups in total. The molecule has 0 aliphatic carbocycles. The summed E-state index contributed by atoms with van der Waals surface area (Å²) < 4.78 is 27.5. The SMILES string of the molecule is Cc1ccc(S(=O)(=O)N2CCN(c3ccnc(N4CCCC4)n3)CC2)s1. The van der Waals surface area contributed by atoms with Crippen LogP contribution in [0.2, 0.25) is 0 Å². The molecule has 0 amide bonds. The monoisotopic (exact) mass is 393 g/mol. The molecule has 0 radical (unpaired) electrons. The van der Waals surface area contributed by atoms with Crippen LogP contribution >= 0.6 is 11.3 Å². The second-order valence-corrected chi connectivity index (χ2v) is 10.1. The highest BCUT2D eigenvalue weighted by atomic mass is 32.2. The standard InChI is InChI=1S/C17H23N5O2S2/c1-14-4-5-16(25-14)26(23,24)22-12-10-20(11-13-22)15-6-7-18-17(19-15)21-8-2-3-9-21/h4-7H,2-3,8-13H2,1H3. The van der Waals surface area contributed by atoms with Crippen LogP contribution in [0.4, 0.5) is 11.8 Å². The van der Waals surface area contributed by atoms with Crippen molar-refractivity contribution in [2.75, 3.05) is 49.1 Å². The van der Waals surface area contributed by atoms with E-state index in [1.165, 1.54) is 24.2 Å². The molecule has 140 valence electrons. The summed E-state index contributed by atoms with van der Waals surface area (Å²) in [4.78, 5) is 14.5. The number of hydrogen-bond acceptors (Lipinski definition) is 7. The lowest BCUT2D eigenvalue weighted by atomic mass is 10.3. The van der Waals surface area contributed by atoms with Crippen molar-refractivity contribution >= 4 is 33.1 Å². The van der Waals surface area contributed by atoms with Gasteiger partial charge in [0.2, 0.25) is 5.95 Å². The Labute approximate surface area is 158 Å². The highest BCUT2D eigenvalue weighted by Crippen LogP contribution is 2.26. The zero-order chi connectivity index (χ0) is 18.1. The predicted octanol–water partition coefficient (Wildman–Crippen LogP) is 1.96. The maximum atomic E-state index is 12.8. The largest absolute Gasteiger partial charge is 0.354 e. The van der Waals surface area contributed by atoms with E-state index in [0.717, 1.165) is 29.7 Å². The molecule has 0 spiro atoms. The molecule has 2 fully saturated rings. The first-order chi connectivity index (χ1) is 12.5. The van der Waals surface area contributed by atoms with Gasteiger partial charge in [-0.25, -0.2) is 13.4 Å². The Morgan fingerprint density at radius 1 is 0.962 bits per heavy atom. The van der Waals surface area contributed by atoms with Crippen LogP contribution in [0.1, 0.15) is 17.7 Å². The molecule has 0 bridgehead atoms. The van der Waals surface area contributed by atoms with Gasteiger partial charge in [0.05, 0.1) is 0 Å². The van der Waals surface area contributed by atoms with E-state index in [1.807, 2.05) is 19.1 Å². The second kappa shape index (κ2) is 7.13. The normalized spacial score (nSPS) is 19.3. The number of nitrogens with zero attached hydrogens (tertiary/aromatic N) is 5. The molecule has 9 heteroatoms. The molecule has 4 rings (SSSR count). The van der Waals surface area contributed by atoms with Gasteiger partial charge in [0.1, 0.15) is 10.0 Å². The number of aryl methyl sites for hydroxylation is 1. The number of anilines is 2. The van der Waals surface area contributed by atoms with E-state index < -0.39 is 10.0 Å². The van der Waals surface area contributed by atoms with Crippen molar-refractivity contribution in [1.29, 1.82) is 0 Å². The van der Waals surface area contributed by atoms with E-state index in [2.05, 4.69) is 14.8 Å². The maximum absolute atomic E-state index is 12.8. The van der Waals surface area contributed by atoms with Crippen molar-refractivity contribution < 1.29 is 8.42 Å². The fourth-order valence-electron chi connectivity index (χ4n) is 3.42. The van der Waals surface area contributed by atoms with E-state index in [9.17, 15) is 8.42 Å². The van der Waals surface area contributed by atoms with E-state index >= 15 is 0 Å². The fourth-order valence-corrected chi connectivity index (χ4v) is 6.28. The number of sulfonamides is 1. The van der Waals surface area contributed by atoms with Crippen molar-refractivity contribution in [2.24, 2.45) is 0 Å². The Bertz CT molecular complexity index is 869. The van der Waals surface area contributed by atoms with E-state index in [0.29, 0.717) is 30.4 Å². The third-order valence-electron chi connectivity index (χ3n) is 4.89. The van der Waals surface area contributed by atoms with Crippen molar-refractivity contribution in [3.8, 4) is 0 Å². The predicted molar refractivity (Wildman–Crippen MR) is 104 cm³/mol. The quantitative estimate of drug-likeness (QED) is 0.791. The molecular formula is C17H23N5O2S2. The van der Waals surface area contributed by atoms with Gasteiger partial charge in [-0.05, 0) is 38.0 Å². The molecular weight excluding hydrogens is 370 g/mol. The number of rotatable bonds is 4. The molecule has 0 atom stereocenters. The first-order valence-electron chi connectivity index (χ1n) is 8.93. The molecule has 2 aliphatic heterocycles. The Morgan fingerprint density at radius 2 is 1.69 bits per heavy atom. The molecule has 0 saturated carbocycles. The number of hydrogen-bond donors (Lipinski definition) is 0. The molecule has 26 heavy (non-hydrogen) atoms. The minimum absolute atomic E-state index is 0.432. The van der Waals surface area contributed by atoms with Gasteiger partial charge in [0, 0.05) is 50.3 Å². The van der Waals surface area contributed by atoms with Gasteiger partial charge in [-0.15, -0.1) is 11.3 Å². The third kappa shape index (κ3) is 3.43. The van der Waals surface area contributed by atoms with Gasteiger partial charge in [-0.1, -0.05) is 0 Å².